The Labute approximate surface area is 84.5 Å². The van der Waals surface area contributed by atoms with Crippen LogP contribution in [0.4, 0.5) is 0 Å². The van der Waals surface area contributed by atoms with E-state index in [0.29, 0.717) is 6.04 Å². The molecule has 0 amide bonds. The van der Waals surface area contributed by atoms with Crippen molar-refractivity contribution in [2.75, 3.05) is 6.54 Å². The van der Waals surface area contributed by atoms with Crippen molar-refractivity contribution >= 4 is 11.3 Å². The SMILES string of the molecule is C/C=C/CNC(C)c1ccc(C)s1. The van der Waals surface area contributed by atoms with Gasteiger partial charge in [0, 0.05) is 22.3 Å². The van der Waals surface area contributed by atoms with Gasteiger partial charge in [0.05, 0.1) is 0 Å². The van der Waals surface area contributed by atoms with Crippen molar-refractivity contribution in [2.24, 2.45) is 0 Å². The van der Waals surface area contributed by atoms with Crippen LogP contribution in [0.15, 0.2) is 24.3 Å². The average molecular weight is 195 g/mol. The van der Waals surface area contributed by atoms with Crippen LogP contribution in [-0.4, -0.2) is 6.54 Å². The summed E-state index contributed by atoms with van der Waals surface area (Å²) >= 11 is 1.87. The number of thiophene rings is 1. The Balaban J connectivity index is 2.43. The Kier molecular flexibility index (Phi) is 4.19. The van der Waals surface area contributed by atoms with E-state index >= 15 is 0 Å². The molecule has 0 fully saturated rings. The molecule has 1 heterocycles. The summed E-state index contributed by atoms with van der Waals surface area (Å²) in [6.45, 7) is 7.35. The highest BCUT2D eigenvalue weighted by molar-refractivity contribution is 7.12. The third-order valence-corrected chi connectivity index (χ3v) is 3.15. The summed E-state index contributed by atoms with van der Waals surface area (Å²) in [4.78, 5) is 2.80. The summed E-state index contributed by atoms with van der Waals surface area (Å²) in [7, 11) is 0. The summed E-state index contributed by atoms with van der Waals surface area (Å²) in [6, 6.07) is 4.84. The second-order valence-electron chi connectivity index (χ2n) is 3.15. The molecule has 0 spiro atoms. The highest BCUT2D eigenvalue weighted by Gasteiger charge is 2.04. The molecule has 0 aliphatic rings. The fraction of sp³-hybridized carbons (Fsp3) is 0.455. The van der Waals surface area contributed by atoms with Crippen LogP contribution in [-0.2, 0) is 0 Å². The zero-order valence-electron chi connectivity index (χ0n) is 8.50. The molecule has 0 aliphatic carbocycles. The lowest BCUT2D eigenvalue weighted by Gasteiger charge is -2.09. The minimum absolute atomic E-state index is 0.467. The van der Waals surface area contributed by atoms with Gasteiger partial charge >= 0.3 is 0 Å². The lowest BCUT2D eigenvalue weighted by Crippen LogP contribution is -2.17. The molecule has 0 aliphatic heterocycles. The maximum Gasteiger partial charge on any atom is 0.0388 e. The van der Waals surface area contributed by atoms with Gasteiger partial charge in [0.25, 0.3) is 0 Å². The highest BCUT2D eigenvalue weighted by Crippen LogP contribution is 2.21. The van der Waals surface area contributed by atoms with Gasteiger partial charge in [-0.1, -0.05) is 12.2 Å². The summed E-state index contributed by atoms with van der Waals surface area (Å²) in [6.07, 6.45) is 4.20. The first-order chi connectivity index (χ1) is 6.24. The van der Waals surface area contributed by atoms with E-state index in [4.69, 9.17) is 0 Å². The molecule has 2 heteroatoms. The fourth-order valence-electron chi connectivity index (χ4n) is 1.15. The molecule has 1 atom stereocenters. The molecule has 1 rings (SSSR count). The van der Waals surface area contributed by atoms with Crippen molar-refractivity contribution in [1.82, 2.24) is 5.32 Å². The van der Waals surface area contributed by atoms with E-state index in [9.17, 15) is 0 Å². The van der Waals surface area contributed by atoms with Gasteiger partial charge in [0.15, 0.2) is 0 Å². The minimum Gasteiger partial charge on any atom is -0.306 e. The van der Waals surface area contributed by atoms with Crippen molar-refractivity contribution in [3.05, 3.63) is 34.0 Å². The van der Waals surface area contributed by atoms with Crippen LogP contribution in [0.25, 0.3) is 0 Å². The summed E-state index contributed by atoms with van der Waals surface area (Å²) in [5, 5.41) is 3.44. The van der Waals surface area contributed by atoms with Gasteiger partial charge in [-0.15, -0.1) is 11.3 Å². The topological polar surface area (TPSA) is 12.0 Å². The van der Waals surface area contributed by atoms with Crippen LogP contribution in [0, 0.1) is 6.92 Å². The standard InChI is InChI=1S/C11H17NS/c1-4-5-8-12-10(3)11-7-6-9(2)13-11/h4-7,10,12H,8H2,1-3H3/b5-4+. The van der Waals surface area contributed by atoms with E-state index in [1.807, 2.05) is 18.3 Å². The Morgan fingerprint density at radius 2 is 2.31 bits per heavy atom. The Bertz CT molecular complexity index is 275. The molecule has 1 aromatic rings. The number of hydrogen-bond acceptors (Lipinski definition) is 2. The molecule has 0 saturated carbocycles. The monoisotopic (exact) mass is 195 g/mol. The van der Waals surface area contributed by atoms with E-state index in [0.717, 1.165) is 6.54 Å². The summed E-state index contributed by atoms with van der Waals surface area (Å²) < 4.78 is 0. The molecule has 0 radical (unpaired) electrons. The zero-order chi connectivity index (χ0) is 9.68. The van der Waals surface area contributed by atoms with E-state index in [1.165, 1.54) is 9.75 Å². The lowest BCUT2D eigenvalue weighted by atomic mass is 10.2. The third-order valence-electron chi connectivity index (χ3n) is 1.97. The second-order valence-corrected chi connectivity index (χ2v) is 4.47. The van der Waals surface area contributed by atoms with Gasteiger partial charge in [-0.2, -0.15) is 0 Å². The van der Waals surface area contributed by atoms with Gasteiger partial charge in [-0.3, -0.25) is 0 Å². The largest absolute Gasteiger partial charge is 0.306 e. The van der Waals surface area contributed by atoms with Crippen LogP contribution in [0.2, 0.25) is 0 Å². The Morgan fingerprint density at radius 3 is 2.85 bits per heavy atom. The number of allylic oxidation sites excluding steroid dienone is 1. The Hall–Kier alpha value is -0.600. The zero-order valence-corrected chi connectivity index (χ0v) is 9.32. The second kappa shape index (κ2) is 5.20. The van der Waals surface area contributed by atoms with E-state index < -0.39 is 0 Å². The van der Waals surface area contributed by atoms with Crippen LogP contribution >= 0.6 is 11.3 Å². The molecular weight excluding hydrogens is 178 g/mol. The first kappa shape index (κ1) is 10.5. The van der Waals surface area contributed by atoms with Crippen molar-refractivity contribution in [3.8, 4) is 0 Å². The first-order valence-corrected chi connectivity index (χ1v) is 5.46. The van der Waals surface area contributed by atoms with Gasteiger partial charge in [-0.05, 0) is 32.9 Å². The number of hydrogen-bond donors (Lipinski definition) is 1. The van der Waals surface area contributed by atoms with Crippen molar-refractivity contribution in [3.63, 3.8) is 0 Å². The summed E-state index contributed by atoms with van der Waals surface area (Å²) in [5.74, 6) is 0. The molecule has 0 aromatic carbocycles. The lowest BCUT2D eigenvalue weighted by molar-refractivity contribution is 0.627. The molecular formula is C11H17NS. The molecule has 1 aromatic heterocycles. The van der Waals surface area contributed by atoms with Crippen LogP contribution < -0.4 is 5.32 Å². The predicted molar refractivity (Wildman–Crippen MR) is 60.3 cm³/mol. The summed E-state index contributed by atoms with van der Waals surface area (Å²) in [5.41, 5.74) is 0. The van der Waals surface area contributed by atoms with Gasteiger partial charge in [0.2, 0.25) is 0 Å². The van der Waals surface area contributed by atoms with Gasteiger partial charge < -0.3 is 5.32 Å². The number of nitrogens with one attached hydrogen (secondary N) is 1. The molecule has 1 N–H and O–H groups in total. The molecule has 0 bridgehead atoms. The highest BCUT2D eigenvalue weighted by atomic mass is 32.1. The Morgan fingerprint density at radius 1 is 1.54 bits per heavy atom. The van der Waals surface area contributed by atoms with E-state index in [-0.39, 0.29) is 0 Å². The first-order valence-electron chi connectivity index (χ1n) is 4.65. The van der Waals surface area contributed by atoms with Crippen LogP contribution in [0.5, 0.6) is 0 Å². The molecule has 72 valence electrons. The molecule has 1 nitrogen and oxygen atoms in total. The van der Waals surface area contributed by atoms with Gasteiger partial charge in [0.1, 0.15) is 0 Å². The molecule has 0 saturated heterocycles. The third kappa shape index (κ3) is 3.33. The number of rotatable bonds is 4. The molecule has 13 heavy (non-hydrogen) atoms. The quantitative estimate of drug-likeness (QED) is 0.727. The maximum absolute atomic E-state index is 3.44. The average Bonchev–Trinajstić information content (AvgIpc) is 2.52. The van der Waals surface area contributed by atoms with E-state index in [1.54, 1.807) is 0 Å². The normalized spacial score (nSPS) is 13.8. The molecule has 1 unspecified atom stereocenters. The van der Waals surface area contributed by atoms with Crippen molar-refractivity contribution < 1.29 is 0 Å². The van der Waals surface area contributed by atoms with Crippen LogP contribution in [0.1, 0.15) is 29.6 Å². The fourth-order valence-corrected chi connectivity index (χ4v) is 2.05. The van der Waals surface area contributed by atoms with E-state index in [2.05, 4.69) is 43.4 Å². The van der Waals surface area contributed by atoms with Gasteiger partial charge in [-0.25, -0.2) is 0 Å². The van der Waals surface area contributed by atoms with Crippen molar-refractivity contribution in [2.45, 2.75) is 26.8 Å². The van der Waals surface area contributed by atoms with Crippen molar-refractivity contribution in [1.29, 1.82) is 0 Å². The van der Waals surface area contributed by atoms with Crippen LogP contribution in [0.3, 0.4) is 0 Å². The minimum atomic E-state index is 0.467. The number of aryl methyl sites for hydroxylation is 1. The maximum atomic E-state index is 3.44. The predicted octanol–water partition coefficient (Wildman–Crippen LogP) is 3.28. The smallest absolute Gasteiger partial charge is 0.0388 e.